The zero-order chi connectivity index (χ0) is 18.0. The lowest BCUT2D eigenvalue weighted by Gasteiger charge is -2.18. The van der Waals surface area contributed by atoms with E-state index >= 15 is 0 Å². The number of anilines is 1. The second-order valence-electron chi connectivity index (χ2n) is 5.37. The summed E-state index contributed by atoms with van der Waals surface area (Å²) in [5.74, 6) is -0.795. The molecule has 2 amide bonds. The molecule has 8 heteroatoms. The number of amides is 2. The smallest absolute Gasteiger partial charge is 0.236 e. The van der Waals surface area contributed by atoms with E-state index in [0.717, 1.165) is 4.90 Å². The average molecular weight is 374 g/mol. The molecule has 0 aliphatic carbocycles. The number of carbonyl (C=O) groups is 2. The number of hydrogen-bond donors (Lipinski definition) is 1. The highest BCUT2D eigenvalue weighted by molar-refractivity contribution is 7.91. The molecular weight excluding hydrogens is 360 g/mol. The van der Waals surface area contributed by atoms with E-state index in [4.69, 9.17) is 12.2 Å². The molecule has 0 spiro atoms. The van der Waals surface area contributed by atoms with Gasteiger partial charge in [-0.1, -0.05) is 30.3 Å². The number of nitrogens with zero attached hydrogens (tertiary/aromatic N) is 1. The molecule has 0 bridgehead atoms. The van der Waals surface area contributed by atoms with Gasteiger partial charge in [0.25, 0.3) is 0 Å². The molecule has 128 valence electrons. The maximum absolute atomic E-state index is 12.9. The largest absolute Gasteiger partial charge is 0.331 e. The van der Waals surface area contributed by atoms with E-state index in [2.05, 4.69) is 5.32 Å². The quantitative estimate of drug-likeness (QED) is 0.656. The molecule has 2 aromatic carbocycles. The van der Waals surface area contributed by atoms with Gasteiger partial charge in [-0.25, -0.2) is 13.3 Å². The van der Waals surface area contributed by atoms with Gasteiger partial charge in [0.2, 0.25) is 21.7 Å². The minimum Gasteiger partial charge on any atom is -0.331 e. The number of hydrogen-bond acceptors (Lipinski definition) is 5. The molecule has 2 aromatic rings. The van der Waals surface area contributed by atoms with E-state index in [0.29, 0.717) is 0 Å². The summed E-state index contributed by atoms with van der Waals surface area (Å²) in [5.41, 5.74) is 0.212. The normalized spacial score (nSPS) is 14.6. The Hall–Kier alpha value is -2.58. The van der Waals surface area contributed by atoms with Crippen molar-refractivity contribution in [2.45, 2.75) is 22.6 Å². The van der Waals surface area contributed by atoms with Gasteiger partial charge in [-0.3, -0.25) is 9.59 Å². The zero-order valence-electron chi connectivity index (χ0n) is 13.0. The first kappa shape index (κ1) is 17.2. The lowest BCUT2D eigenvalue weighted by atomic mass is 10.3. The molecule has 0 atom stereocenters. The molecule has 1 saturated heterocycles. The van der Waals surface area contributed by atoms with Crippen LogP contribution in [-0.2, 0) is 19.4 Å². The van der Waals surface area contributed by atoms with Crippen molar-refractivity contribution in [1.29, 1.82) is 0 Å². The zero-order valence-corrected chi connectivity index (χ0v) is 14.6. The Kier molecular flexibility index (Phi) is 4.65. The lowest BCUT2D eigenvalue weighted by Crippen LogP contribution is -2.38. The number of para-hydroxylation sites is 1. The Morgan fingerprint density at radius 1 is 0.920 bits per heavy atom. The molecule has 1 heterocycles. The fourth-order valence-electron chi connectivity index (χ4n) is 2.51. The standard InChI is InChI=1S/C17H14N2O4S2/c20-15-10-11-16(21)19(15)17(24)18-13-8-4-5-9-14(13)25(22,23)12-6-2-1-3-7-12/h1-9H,10-11H2,(H,18,24). The summed E-state index contributed by atoms with van der Waals surface area (Å²) in [6.07, 6.45) is 0.204. The molecule has 0 saturated carbocycles. The van der Waals surface area contributed by atoms with Crippen molar-refractivity contribution in [3.8, 4) is 0 Å². The first-order valence-corrected chi connectivity index (χ1v) is 9.36. The number of thiocarbonyl (C=S) groups is 1. The van der Waals surface area contributed by atoms with Crippen LogP contribution in [0.5, 0.6) is 0 Å². The molecular formula is C17H14N2O4S2. The van der Waals surface area contributed by atoms with Gasteiger partial charge in [-0.15, -0.1) is 0 Å². The average Bonchev–Trinajstić information content (AvgIpc) is 2.94. The van der Waals surface area contributed by atoms with Gasteiger partial charge in [0, 0.05) is 12.8 Å². The molecule has 1 fully saturated rings. The SMILES string of the molecule is O=C1CCC(=O)N1C(=S)Nc1ccccc1S(=O)(=O)c1ccccc1. The Morgan fingerprint density at radius 2 is 1.48 bits per heavy atom. The van der Waals surface area contributed by atoms with Crippen LogP contribution in [0.15, 0.2) is 64.4 Å². The van der Waals surface area contributed by atoms with Crippen molar-refractivity contribution >= 4 is 44.7 Å². The van der Waals surface area contributed by atoms with Crippen LogP contribution < -0.4 is 5.32 Å². The van der Waals surface area contributed by atoms with Crippen molar-refractivity contribution in [2.75, 3.05) is 5.32 Å². The highest BCUT2D eigenvalue weighted by Gasteiger charge is 2.33. The molecule has 1 N–H and O–H groups in total. The summed E-state index contributed by atoms with van der Waals surface area (Å²) in [6, 6.07) is 14.2. The van der Waals surface area contributed by atoms with Gasteiger partial charge in [0.15, 0.2) is 5.11 Å². The summed E-state index contributed by atoms with van der Waals surface area (Å²) < 4.78 is 25.7. The Balaban J connectivity index is 1.96. The fraction of sp³-hybridized carbons (Fsp3) is 0.118. The lowest BCUT2D eigenvalue weighted by molar-refractivity contribution is -0.133. The van der Waals surface area contributed by atoms with Crippen LogP contribution in [0, 0.1) is 0 Å². The third-order valence-electron chi connectivity index (χ3n) is 3.73. The van der Waals surface area contributed by atoms with Crippen molar-refractivity contribution in [1.82, 2.24) is 4.90 Å². The number of rotatable bonds is 3. The third-order valence-corrected chi connectivity index (χ3v) is 5.84. The van der Waals surface area contributed by atoms with E-state index in [1.54, 1.807) is 30.3 Å². The minimum absolute atomic E-state index is 0.0163. The van der Waals surface area contributed by atoms with Gasteiger partial charge < -0.3 is 5.32 Å². The molecule has 0 unspecified atom stereocenters. The molecule has 1 aliphatic heterocycles. The number of nitrogens with one attached hydrogen (secondary N) is 1. The molecule has 3 rings (SSSR count). The van der Waals surface area contributed by atoms with E-state index in [-0.39, 0.29) is 33.4 Å². The number of sulfone groups is 1. The van der Waals surface area contributed by atoms with Crippen molar-refractivity contribution < 1.29 is 18.0 Å². The van der Waals surface area contributed by atoms with Crippen LogP contribution in [0.3, 0.4) is 0 Å². The summed E-state index contributed by atoms with van der Waals surface area (Å²) in [4.78, 5) is 24.6. The number of imide groups is 1. The number of likely N-dealkylation sites (tertiary alicyclic amines) is 1. The van der Waals surface area contributed by atoms with Crippen LogP contribution in [0.1, 0.15) is 12.8 Å². The van der Waals surface area contributed by atoms with Crippen LogP contribution in [-0.4, -0.2) is 30.2 Å². The predicted molar refractivity (Wildman–Crippen MR) is 95.6 cm³/mol. The van der Waals surface area contributed by atoms with Crippen molar-refractivity contribution in [2.24, 2.45) is 0 Å². The minimum atomic E-state index is -3.78. The molecule has 0 radical (unpaired) electrons. The Bertz CT molecular complexity index is 940. The number of carbonyl (C=O) groups excluding carboxylic acids is 2. The summed E-state index contributed by atoms with van der Waals surface area (Å²) in [5, 5.41) is 2.60. The van der Waals surface area contributed by atoms with Crippen LogP contribution >= 0.6 is 12.2 Å². The third kappa shape index (κ3) is 3.31. The first-order valence-electron chi connectivity index (χ1n) is 7.47. The Morgan fingerprint density at radius 3 is 2.12 bits per heavy atom. The second kappa shape index (κ2) is 6.73. The number of benzene rings is 2. The van der Waals surface area contributed by atoms with Gasteiger partial charge in [-0.05, 0) is 36.5 Å². The van der Waals surface area contributed by atoms with Crippen LogP contribution in [0.4, 0.5) is 5.69 Å². The highest BCUT2D eigenvalue weighted by Crippen LogP contribution is 2.28. The molecule has 0 aromatic heterocycles. The molecule has 6 nitrogen and oxygen atoms in total. The van der Waals surface area contributed by atoms with Crippen molar-refractivity contribution in [3.63, 3.8) is 0 Å². The van der Waals surface area contributed by atoms with E-state index in [1.807, 2.05) is 0 Å². The summed E-state index contributed by atoms with van der Waals surface area (Å²) >= 11 is 5.13. The highest BCUT2D eigenvalue weighted by atomic mass is 32.2. The molecule has 1 aliphatic rings. The maximum atomic E-state index is 12.9. The Labute approximate surface area is 150 Å². The predicted octanol–water partition coefficient (Wildman–Crippen LogP) is 2.37. The fourth-order valence-corrected chi connectivity index (χ4v) is 4.25. The van der Waals surface area contributed by atoms with Gasteiger partial charge in [-0.2, -0.15) is 0 Å². The van der Waals surface area contributed by atoms with Gasteiger partial charge in [0.1, 0.15) is 0 Å². The molecule has 25 heavy (non-hydrogen) atoms. The summed E-state index contributed by atoms with van der Waals surface area (Å²) in [7, 11) is -3.78. The first-order chi connectivity index (χ1) is 11.9. The van der Waals surface area contributed by atoms with E-state index in [1.165, 1.54) is 24.3 Å². The van der Waals surface area contributed by atoms with Crippen molar-refractivity contribution in [3.05, 3.63) is 54.6 Å². The summed E-state index contributed by atoms with van der Waals surface area (Å²) in [6.45, 7) is 0. The van der Waals surface area contributed by atoms with Gasteiger partial charge >= 0.3 is 0 Å². The van der Waals surface area contributed by atoms with Gasteiger partial charge in [0.05, 0.1) is 15.5 Å². The van der Waals surface area contributed by atoms with E-state index in [9.17, 15) is 18.0 Å². The van der Waals surface area contributed by atoms with Crippen LogP contribution in [0.25, 0.3) is 0 Å². The maximum Gasteiger partial charge on any atom is 0.236 e. The van der Waals surface area contributed by atoms with E-state index < -0.39 is 21.7 Å². The topological polar surface area (TPSA) is 83.6 Å². The van der Waals surface area contributed by atoms with Crippen LogP contribution in [0.2, 0.25) is 0 Å². The monoisotopic (exact) mass is 374 g/mol. The second-order valence-corrected chi connectivity index (χ2v) is 7.67.